The number of imidazole rings is 1. The van der Waals surface area contributed by atoms with Crippen molar-refractivity contribution in [2.45, 2.75) is 26.8 Å². The topological polar surface area (TPSA) is 71.2 Å². The largest absolute Gasteiger partial charge is 0.395 e. The molecular weight excluding hydrogens is 288 g/mol. The molecule has 0 radical (unpaired) electrons. The highest BCUT2D eigenvalue weighted by molar-refractivity contribution is 7.13. The van der Waals surface area contributed by atoms with Gasteiger partial charge in [0.1, 0.15) is 10.7 Å². The monoisotopic (exact) mass is 308 g/mol. The molecule has 0 bridgehead atoms. The van der Waals surface area contributed by atoms with Crippen molar-refractivity contribution in [3.05, 3.63) is 33.8 Å². The van der Waals surface area contributed by atoms with Gasteiger partial charge in [-0.1, -0.05) is 6.92 Å². The Hall–Kier alpha value is -1.73. The lowest BCUT2D eigenvalue weighted by atomic mass is 10.2. The molecule has 0 unspecified atom stereocenters. The highest BCUT2D eigenvalue weighted by Gasteiger charge is 2.22. The van der Waals surface area contributed by atoms with Gasteiger partial charge in [-0.05, 0) is 13.3 Å². The molecule has 6 nitrogen and oxygen atoms in total. The van der Waals surface area contributed by atoms with E-state index in [4.69, 9.17) is 0 Å². The van der Waals surface area contributed by atoms with Gasteiger partial charge in [0.15, 0.2) is 0 Å². The third kappa shape index (κ3) is 3.48. The number of hydrogen-bond donors (Lipinski definition) is 1. The van der Waals surface area contributed by atoms with E-state index in [-0.39, 0.29) is 19.1 Å². The first-order valence-corrected chi connectivity index (χ1v) is 7.71. The zero-order valence-corrected chi connectivity index (χ0v) is 13.4. The van der Waals surface area contributed by atoms with Crippen LogP contribution >= 0.6 is 11.3 Å². The highest BCUT2D eigenvalue weighted by Crippen LogP contribution is 2.21. The van der Waals surface area contributed by atoms with Crippen molar-refractivity contribution in [3.8, 4) is 0 Å². The van der Waals surface area contributed by atoms with Crippen LogP contribution in [-0.4, -0.2) is 43.6 Å². The summed E-state index contributed by atoms with van der Waals surface area (Å²) in [5.74, 6) is 0.700. The maximum atomic E-state index is 12.7. The number of rotatable bonds is 6. The Kier molecular flexibility index (Phi) is 5.08. The lowest BCUT2D eigenvalue weighted by molar-refractivity contribution is 0.0705. The van der Waals surface area contributed by atoms with Gasteiger partial charge in [-0.15, -0.1) is 11.3 Å². The first-order valence-electron chi connectivity index (χ1n) is 6.89. The molecule has 21 heavy (non-hydrogen) atoms. The number of aromatic nitrogens is 3. The number of aliphatic hydroxyl groups is 1. The summed E-state index contributed by atoms with van der Waals surface area (Å²) in [6.45, 7) is 4.47. The third-order valence-electron chi connectivity index (χ3n) is 3.24. The van der Waals surface area contributed by atoms with Crippen molar-refractivity contribution in [1.82, 2.24) is 19.4 Å². The van der Waals surface area contributed by atoms with Crippen LogP contribution in [0.2, 0.25) is 0 Å². The first kappa shape index (κ1) is 15.7. The van der Waals surface area contributed by atoms with Crippen molar-refractivity contribution < 1.29 is 9.90 Å². The summed E-state index contributed by atoms with van der Waals surface area (Å²) >= 11 is 1.41. The van der Waals surface area contributed by atoms with Gasteiger partial charge in [-0.3, -0.25) is 4.79 Å². The fourth-order valence-electron chi connectivity index (χ4n) is 2.11. The first-order chi connectivity index (χ1) is 10.1. The van der Waals surface area contributed by atoms with Gasteiger partial charge in [-0.2, -0.15) is 0 Å². The molecule has 0 aliphatic rings. The number of carbonyl (C=O) groups is 1. The number of aryl methyl sites for hydroxylation is 3. The molecule has 0 saturated heterocycles. The molecule has 0 aliphatic carbocycles. The molecule has 2 rings (SSSR count). The minimum absolute atomic E-state index is 0.0740. The molecule has 0 fully saturated rings. The zero-order chi connectivity index (χ0) is 15.4. The second-order valence-electron chi connectivity index (χ2n) is 4.77. The van der Waals surface area contributed by atoms with E-state index in [9.17, 15) is 9.90 Å². The Morgan fingerprint density at radius 2 is 2.29 bits per heavy atom. The number of thiazole rings is 1. The van der Waals surface area contributed by atoms with Crippen LogP contribution in [0, 0.1) is 6.92 Å². The quantitative estimate of drug-likeness (QED) is 0.875. The molecule has 2 heterocycles. The van der Waals surface area contributed by atoms with Crippen molar-refractivity contribution in [3.63, 3.8) is 0 Å². The van der Waals surface area contributed by atoms with Gasteiger partial charge in [0.05, 0.1) is 23.9 Å². The van der Waals surface area contributed by atoms with Crippen LogP contribution in [0.3, 0.4) is 0 Å². The summed E-state index contributed by atoms with van der Waals surface area (Å²) in [7, 11) is 1.89. The van der Waals surface area contributed by atoms with Crippen molar-refractivity contribution >= 4 is 17.2 Å². The standard InChI is InChI=1S/C14H20N4O2S/c1-4-11-13(21-10(2)16-11)14(20)18(7-8-19)9-12-15-5-6-17(12)3/h5-6,19H,4,7-9H2,1-3H3. The molecule has 0 atom stereocenters. The molecule has 1 amide bonds. The predicted molar refractivity (Wildman–Crippen MR) is 81.3 cm³/mol. The number of aliphatic hydroxyl groups excluding tert-OH is 1. The molecule has 2 aromatic heterocycles. The van der Waals surface area contributed by atoms with E-state index < -0.39 is 0 Å². The van der Waals surface area contributed by atoms with Gasteiger partial charge in [0.25, 0.3) is 5.91 Å². The van der Waals surface area contributed by atoms with E-state index >= 15 is 0 Å². The Balaban J connectivity index is 2.24. The van der Waals surface area contributed by atoms with Crippen molar-refractivity contribution in [1.29, 1.82) is 0 Å². The second kappa shape index (κ2) is 6.82. The molecule has 1 N–H and O–H groups in total. The minimum Gasteiger partial charge on any atom is -0.395 e. The zero-order valence-electron chi connectivity index (χ0n) is 12.5. The van der Waals surface area contributed by atoms with E-state index in [1.54, 1.807) is 11.1 Å². The average molecular weight is 308 g/mol. The summed E-state index contributed by atoms with van der Waals surface area (Å²) in [6, 6.07) is 0. The molecule has 0 saturated carbocycles. The minimum atomic E-state index is -0.0884. The van der Waals surface area contributed by atoms with Gasteiger partial charge in [-0.25, -0.2) is 9.97 Å². The summed E-state index contributed by atoms with van der Waals surface area (Å²) in [6.07, 6.45) is 4.26. The van der Waals surface area contributed by atoms with E-state index in [0.717, 1.165) is 22.9 Å². The molecule has 0 aromatic carbocycles. The molecular formula is C14H20N4O2S. The van der Waals surface area contributed by atoms with Gasteiger partial charge in [0, 0.05) is 26.0 Å². The van der Waals surface area contributed by atoms with Crippen LogP contribution in [-0.2, 0) is 20.0 Å². The summed E-state index contributed by atoms with van der Waals surface area (Å²) in [5.41, 5.74) is 0.824. The van der Waals surface area contributed by atoms with Crippen LogP contribution in [0.4, 0.5) is 0 Å². The summed E-state index contributed by atoms with van der Waals surface area (Å²) in [4.78, 5) is 23.6. The van der Waals surface area contributed by atoms with Crippen molar-refractivity contribution in [2.24, 2.45) is 7.05 Å². The maximum Gasteiger partial charge on any atom is 0.266 e. The molecule has 7 heteroatoms. The van der Waals surface area contributed by atoms with E-state index in [1.807, 2.05) is 31.7 Å². The average Bonchev–Trinajstić information content (AvgIpc) is 3.03. The van der Waals surface area contributed by atoms with Crippen molar-refractivity contribution in [2.75, 3.05) is 13.2 Å². The lowest BCUT2D eigenvalue weighted by Gasteiger charge is -2.21. The van der Waals surface area contributed by atoms with Gasteiger partial charge in [0.2, 0.25) is 0 Å². The molecule has 2 aromatic rings. The maximum absolute atomic E-state index is 12.7. The summed E-state index contributed by atoms with van der Waals surface area (Å²) < 4.78 is 1.87. The molecule has 0 spiro atoms. The fourth-order valence-corrected chi connectivity index (χ4v) is 3.09. The van der Waals surface area contributed by atoms with Crippen LogP contribution in [0.5, 0.6) is 0 Å². The number of amides is 1. The smallest absolute Gasteiger partial charge is 0.266 e. The van der Waals surface area contributed by atoms with Gasteiger partial charge < -0.3 is 14.6 Å². The molecule has 114 valence electrons. The van der Waals surface area contributed by atoms with Crippen LogP contribution in [0.15, 0.2) is 12.4 Å². The second-order valence-corrected chi connectivity index (χ2v) is 5.97. The lowest BCUT2D eigenvalue weighted by Crippen LogP contribution is -2.34. The Morgan fingerprint density at radius 1 is 1.52 bits per heavy atom. The molecule has 0 aliphatic heterocycles. The van der Waals surface area contributed by atoms with Crippen LogP contribution in [0.1, 0.15) is 33.1 Å². The van der Waals surface area contributed by atoms with Gasteiger partial charge >= 0.3 is 0 Å². The normalized spacial score (nSPS) is 10.9. The van der Waals surface area contributed by atoms with E-state index in [1.165, 1.54) is 11.3 Å². The third-order valence-corrected chi connectivity index (χ3v) is 4.24. The van der Waals surface area contributed by atoms with Crippen LogP contribution in [0.25, 0.3) is 0 Å². The summed E-state index contributed by atoms with van der Waals surface area (Å²) in [5, 5.41) is 10.1. The Morgan fingerprint density at radius 3 is 2.86 bits per heavy atom. The Labute approximate surface area is 128 Å². The Bertz CT molecular complexity index is 620. The fraction of sp³-hybridized carbons (Fsp3) is 0.500. The SMILES string of the molecule is CCc1nc(C)sc1C(=O)N(CCO)Cc1nccn1C. The predicted octanol–water partition coefficient (Wildman–Crippen LogP) is 1.38. The number of carbonyl (C=O) groups excluding carboxylic acids is 1. The number of hydrogen-bond acceptors (Lipinski definition) is 5. The highest BCUT2D eigenvalue weighted by atomic mass is 32.1. The van der Waals surface area contributed by atoms with Crippen LogP contribution < -0.4 is 0 Å². The number of nitrogens with zero attached hydrogens (tertiary/aromatic N) is 4. The van der Waals surface area contributed by atoms with E-state index in [2.05, 4.69) is 9.97 Å². The van der Waals surface area contributed by atoms with E-state index in [0.29, 0.717) is 11.4 Å².